The topological polar surface area (TPSA) is 91.8 Å². The first kappa shape index (κ1) is 21.0. The van der Waals surface area contributed by atoms with Crippen LogP contribution in [0.1, 0.15) is 27.3 Å². The number of carbonyl (C=O) groups is 1. The number of hydrogen-bond donors (Lipinski definition) is 3. The first-order valence-corrected chi connectivity index (χ1v) is 10.2. The van der Waals surface area contributed by atoms with Crippen molar-refractivity contribution in [2.24, 2.45) is 0 Å². The molecule has 0 unspecified atom stereocenters. The second-order valence-corrected chi connectivity index (χ2v) is 7.56. The van der Waals surface area contributed by atoms with Gasteiger partial charge in [0.15, 0.2) is 0 Å². The molecular formula is C25H24N6O. The first-order valence-electron chi connectivity index (χ1n) is 10.2. The Bertz CT molecular complexity index is 1220. The number of aromatic nitrogens is 3. The van der Waals surface area contributed by atoms with Crippen LogP contribution >= 0.6 is 0 Å². The van der Waals surface area contributed by atoms with Crippen LogP contribution in [0.4, 0.5) is 28.8 Å². The number of aryl methyl sites for hydroxylation is 3. The molecule has 7 heteroatoms. The van der Waals surface area contributed by atoms with Crippen LogP contribution in [0.5, 0.6) is 0 Å². The van der Waals surface area contributed by atoms with Crippen LogP contribution in [-0.2, 0) is 0 Å². The summed E-state index contributed by atoms with van der Waals surface area (Å²) in [5.41, 5.74) is 4.33. The number of rotatable bonds is 6. The Labute approximate surface area is 187 Å². The number of carbonyl (C=O) groups excluding carboxylic acids is 1. The highest BCUT2D eigenvalue weighted by molar-refractivity contribution is 6.04. The van der Waals surface area contributed by atoms with Gasteiger partial charge in [0, 0.05) is 29.2 Å². The highest BCUT2D eigenvalue weighted by Crippen LogP contribution is 2.21. The molecule has 0 spiro atoms. The van der Waals surface area contributed by atoms with E-state index in [0.717, 1.165) is 22.5 Å². The molecule has 0 fully saturated rings. The zero-order valence-electron chi connectivity index (χ0n) is 18.2. The zero-order valence-corrected chi connectivity index (χ0v) is 18.2. The summed E-state index contributed by atoms with van der Waals surface area (Å²) >= 11 is 0. The molecule has 2 aromatic carbocycles. The quantitative estimate of drug-likeness (QED) is 0.377. The van der Waals surface area contributed by atoms with E-state index >= 15 is 0 Å². The van der Waals surface area contributed by atoms with Crippen LogP contribution in [0.25, 0.3) is 0 Å². The van der Waals surface area contributed by atoms with E-state index in [9.17, 15) is 4.79 Å². The van der Waals surface area contributed by atoms with Crippen molar-refractivity contribution in [3.63, 3.8) is 0 Å². The van der Waals surface area contributed by atoms with E-state index in [4.69, 9.17) is 0 Å². The van der Waals surface area contributed by atoms with Crippen molar-refractivity contribution in [3.05, 3.63) is 95.4 Å². The number of amides is 1. The van der Waals surface area contributed by atoms with Crippen LogP contribution in [-0.4, -0.2) is 20.9 Å². The zero-order chi connectivity index (χ0) is 22.5. The van der Waals surface area contributed by atoms with E-state index in [1.807, 2.05) is 87.5 Å². The average Bonchev–Trinajstić information content (AvgIpc) is 2.75. The smallest absolute Gasteiger partial charge is 0.255 e. The number of benzene rings is 2. The summed E-state index contributed by atoms with van der Waals surface area (Å²) in [4.78, 5) is 25.7. The van der Waals surface area contributed by atoms with Gasteiger partial charge in [-0.3, -0.25) is 4.79 Å². The molecule has 0 aliphatic rings. The van der Waals surface area contributed by atoms with Crippen molar-refractivity contribution in [2.45, 2.75) is 20.8 Å². The number of anilines is 5. The van der Waals surface area contributed by atoms with Crippen LogP contribution in [0.3, 0.4) is 0 Å². The summed E-state index contributed by atoms with van der Waals surface area (Å²) in [5, 5.41) is 9.39. The largest absolute Gasteiger partial charge is 0.340 e. The van der Waals surface area contributed by atoms with E-state index in [-0.39, 0.29) is 5.91 Å². The number of nitrogens with one attached hydrogen (secondary N) is 3. The minimum atomic E-state index is -0.130. The lowest BCUT2D eigenvalue weighted by molar-refractivity contribution is 0.102. The van der Waals surface area contributed by atoms with Crippen LogP contribution in [0, 0.1) is 20.8 Å². The highest BCUT2D eigenvalue weighted by atomic mass is 16.1. The lowest BCUT2D eigenvalue weighted by Gasteiger charge is -2.11. The van der Waals surface area contributed by atoms with Gasteiger partial charge in [-0.05, 0) is 69.3 Å². The summed E-state index contributed by atoms with van der Waals surface area (Å²) in [6.07, 6.45) is 1.72. The molecule has 32 heavy (non-hydrogen) atoms. The maximum absolute atomic E-state index is 12.6. The predicted octanol–water partition coefficient (Wildman–Crippen LogP) is 5.54. The van der Waals surface area contributed by atoms with Crippen molar-refractivity contribution in [1.29, 1.82) is 0 Å². The standard InChI is InChI=1S/C25H24N6O/c1-16-12-17(2)14-19(13-16)25(32)30-21-9-7-20(8-10-21)29-23-15-24(28-18(3)27-23)31-22-6-4-5-11-26-22/h4-15H,1-3H3,(H,30,32)(H2,26,27,28,29,31). The SMILES string of the molecule is Cc1cc(C)cc(C(=O)Nc2ccc(Nc3cc(Nc4ccccn4)nc(C)n3)cc2)c1. The molecule has 0 aliphatic heterocycles. The molecule has 160 valence electrons. The molecular weight excluding hydrogens is 400 g/mol. The molecule has 0 saturated heterocycles. The van der Waals surface area contributed by atoms with Gasteiger partial charge in [0.25, 0.3) is 5.91 Å². The predicted molar refractivity (Wildman–Crippen MR) is 128 cm³/mol. The number of hydrogen-bond acceptors (Lipinski definition) is 6. The van der Waals surface area contributed by atoms with E-state index in [1.54, 1.807) is 6.20 Å². The van der Waals surface area contributed by atoms with Gasteiger partial charge in [-0.15, -0.1) is 0 Å². The molecule has 2 aromatic heterocycles. The highest BCUT2D eigenvalue weighted by Gasteiger charge is 2.08. The molecule has 2 heterocycles. The van der Waals surface area contributed by atoms with Crippen molar-refractivity contribution in [2.75, 3.05) is 16.0 Å². The summed E-state index contributed by atoms with van der Waals surface area (Å²) in [6, 6.07) is 20.7. The Hall–Kier alpha value is -4.26. The van der Waals surface area contributed by atoms with Crippen molar-refractivity contribution in [3.8, 4) is 0 Å². The maximum atomic E-state index is 12.6. The molecule has 4 rings (SSSR count). The van der Waals surface area contributed by atoms with Crippen molar-refractivity contribution >= 4 is 34.7 Å². The molecule has 4 aromatic rings. The molecule has 0 radical (unpaired) electrons. The van der Waals surface area contributed by atoms with E-state index in [0.29, 0.717) is 28.8 Å². The van der Waals surface area contributed by atoms with E-state index in [2.05, 4.69) is 30.9 Å². The molecule has 0 bridgehead atoms. The molecule has 0 atom stereocenters. The van der Waals surface area contributed by atoms with Gasteiger partial charge in [-0.1, -0.05) is 23.3 Å². The van der Waals surface area contributed by atoms with Gasteiger partial charge < -0.3 is 16.0 Å². The van der Waals surface area contributed by atoms with Crippen molar-refractivity contribution in [1.82, 2.24) is 15.0 Å². The lowest BCUT2D eigenvalue weighted by Crippen LogP contribution is -2.12. The van der Waals surface area contributed by atoms with Crippen LogP contribution in [0.2, 0.25) is 0 Å². The van der Waals surface area contributed by atoms with Crippen LogP contribution < -0.4 is 16.0 Å². The molecule has 7 nitrogen and oxygen atoms in total. The Morgan fingerprint density at radius 3 is 2.03 bits per heavy atom. The second kappa shape index (κ2) is 9.26. The summed E-state index contributed by atoms with van der Waals surface area (Å²) < 4.78 is 0. The van der Waals surface area contributed by atoms with Crippen LogP contribution in [0.15, 0.2) is 72.9 Å². The molecule has 0 saturated carbocycles. The maximum Gasteiger partial charge on any atom is 0.255 e. The normalized spacial score (nSPS) is 10.5. The van der Waals surface area contributed by atoms with E-state index < -0.39 is 0 Å². The second-order valence-electron chi connectivity index (χ2n) is 7.56. The summed E-state index contributed by atoms with van der Waals surface area (Å²) in [6.45, 7) is 5.80. The van der Waals surface area contributed by atoms with Gasteiger partial charge in [-0.25, -0.2) is 15.0 Å². The third-order valence-corrected chi connectivity index (χ3v) is 4.66. The Morgan fingerprint density at radius 2 is 1.38 bits per heavy atom. The molecule has 1 amide bonds. The molecule has 0 aliphatic carbocycles. The van der Waals surface area contributed by atoms with Gasteiger partial charge in [0.2, 0.25) is 0 Å². The van der Waals surface area contributed by atoms with Gasteiger partial charge in [0.1, 0.15) is 23.3 Å². The summed E-state index contributed by atoms with van der Waals surface area (Å²) in [7, 11) is 0. The Kier molecular flexibility index (Phi) is 6.07. The lowest BCUT2D eigenvalue weighted by atomic mass is 10.1. The van der Waals surface area contributed by atoms with Gasteiger partial charge >= 0.3 is 0 Å². The molecule has 3 N–H and O–H groups in total. The minimum Gasteiger partial charge on any atom is -0.340 e. The first-order chi connectivity index (χ1) is 15.4. The monoisotopic (exact) mass is 424 g/mol. The average molecular weight is 425 g/mol. The third-order valence-electron chi connectivity index (χ3n) is 4.66. The van der Waals surface area contributed by atoms with Gasteiger partial charge in [-0.2, -0.15) is 0 Å². The fourth-order valence-corrected chi connectivity index (χ4v) is 3.36. The minimum absolute atomic E-state index is 0.130. The van der Waals surface area contributed by atoms with Gasteiger partial charge in [0.05, 0.1) is 0 Å². The van der Waals surface area contributed by atoms with Crippen molar-refractivity contribution < 1.29 is 4.79 Å². The third kappa shape index (κ3) is 5.46. The number of nitrogens with zero attached hydrogens (tertiary/aromatic N) is 3. The fourth-order valence-electron chi connectivity index (χ4n) is 3.36. The van der Waals surface area contributed by atoms with E-state index in [1.165, 1.54) is 0 Å². The number of pyridine rings is 1. The fraction of sp³-hybridized carbons (Fsp3) is 0.120. The Morgan fingerprint density at radius 1 is 0.719 bits per heavy atom. The summed E-state index contributed by atoms with van der Waals surface area (Å²) in [5.74, 6) is 2.51. The Balaban J connectivity index is 1.44.